The highest BCUT2D eigenvalue weighted by molar-refractivity contribution is 5.85. The normalized spacial score (nSPS) is 12.5. The third kappa shape index (κ3) is 4.12. The van der Waals surface area contributed by atoms with Gasteiger partial charge in [0, 0.05) is 5.56 Å². The Bertz CT molecular complexity index is 354. The zero-order chi connectivity index (χ0) is 11.5. The van der Waals surface area contributed by atoms with Crippen LogP contribution in [0.1, 0.15) is 11.6 Å². The van der Waals surface area contributed by atoms with Crippen LogP contribution in [0.15, 0.2) is 36.9 Å². The molecule has 1 aromatic rings. The van der Waals surface area contributed by atoms with Gasteiger partial charge in [0.25, 0.3) is 0 Å². The van der Waals surface area contributed by atoms with E-state index in [0.29, 0.717) is 0 Å². The first-order chi connectivity index (χ1) is 6.94. The quantitative estimate of drug-likeness (QED) is 0.840. The van der Waals surface area contributed by atoms with Crippen LogP contribution in [0.4, 0.5) is 13.2 Å². The lowest BCUT2D eigenvalue weighted by atomic mass is 10.1. The molecule has 0 heterocycles. The molecule has 0 saturated heterocycles. The van der Waals surface area contributed by atoms with Crippen molar-refractivity contribution in [2.24, 2.45) is 5.73 Å². The van der Waals surface area contributed by atoms with Crippen molar-refractivity contribution >= 4 is 12.4 Å². The van der Waals surface area contributed by atoms with E-state index in [1.165, 1.54) is 24.3 Å². The lowest BCUT2D eigenvalue weighted by Gasteiger charge is -2.15. The molecule has 90 valence electrons. The van der Waals surface area contributed by atoms with E-state index in [2.05, 4.69) is 11.3 Å². The van der Waals surface area contributed by atoms with Gasteiger partial charge in [0.05, 0.1) is 6.04 Å². The summed E-state index contributed by atoms with van der Waals surface area (Å²) in [5.74, 6) is -0.294. The number of halogens is 4. The number of nitrogens with two attached hydrogens (primary N) is 1. The van der Waals surface area contributed by atoms with Crippen molar-refractivity contribution in [3.63, 3.8) is 0 Å². The topological polar surface area (TPSA) is 35.2 Å². The summed E-state index contributed by atoms with van der Waals surface area (Å²) in [6.07, 6.45) is -3.37. The molecule has 0 aliphatic heterocycles. The second-order valence-corrected chi connectivity index (χ2v) is 2.85. The summed E-state index contributed by atoms with van der Waals surface area (Å²) in [7, 11) is 0. The molecule has 1 atom stereocenters. The number of hydrogen-bond acceptors (Lipinski definition) is 2. The predicted molar refractivity (Wildman–Crippen MR) is 57.5 cm³/mol. The van der Waals surface area contributed by atoms with Crippen molar-refractivity contribution in [3.05, 3.63) is 42.5 Å². The second kappa shape index (κ2) is 5.77. The molecule has 0 radical (unpaired) electrons. The average Bonchev–Trinajstić information content (AvgIpc) is 2.15. The smallest absolute Gasteiger partial charge is 0.405 e. The summed E-state index contributed by atoms with van der Waals surface area (Å²) in [4.78, 5) is 0. The third-order valence-electron chi connectivity index (χ3n) is 1.76. The number of para-hydroxylation sites is 1. The van der Waals surface area contributed by atoms with Crippen LogP contribution in [0.3, 0.4) is 0 Å². The number of ether oxygens (including phenoxy) is 1. The fourth-order valence-electron chi connectivity index (χ4n) is 1.10. The fraction of sp³-hybridized carbons (Fsp3) is 0.200. The van der Waals surface area contributed by atoms with Gasteiger partial charge in [-0.15, -0.1) is 32.2 Å². The van der Waals surface area contributed by atoms with Gasteiger partial charge < -0.3 is 10.5 Å². The van der Waals surface area contributed by atoms with E-state index in [1.807, 2.05) is 0 Å². The first-order valence-corrected chi connectivity index (χ1v) is 4.17. The first-order valence-electron chi connectivity index (χ1n) is 4.17. The molecule has 16 heavy (non-hydrogen) atoms. The second-order valence-electron chi connectivity index (χ2n) is 2.85. The van der Waals surface area contributed by atoms with Crippen LogP contribution in [0, 0.1) is 0 Å². The minimum absolute atomic E-state index is 0. The zero-order valence-electron chi connectivity index (χ0n) is 8.20. The molecule has 0 aromatic heterocycles. The van der Waals surface area contributed by atoms with E-state index in [-0.39, 0.29) is 23.7 Å². The summed E-state index contributed by atoms with van der Waals surface area (Å²) in [6.45, 7) is 3.41. The molecular formula is C10H11ClF3NO. The first kappa shape index (κ1) is 14.8. The molecule has 0 bridgehead atoms. The monoisotopic (exact) mass is 253 g/mol. The molecule has 6 heteroatoms. The molecule has 0 aliphatic rings. The van der Waals surface area contributed by atoms with Crippen molar-refractivity contribution in [1.82, 2.24) is 0 Å². The van der Waals surface area contributed by atoms with Crippen LogP contribution in [0.5, 0.6) is 5.75 Å². The Morgan fingerprint density at radius 1 is 1.31 bits per heavy atom. The van der Waals surface area contributed by atoms with Crippen LogP contribution in [0.25, 0.3) is 0 Å². The van der Waals surface area contributed by atoms with Gasteiger partial charge in [-0.25, -0.2) is 0 Å². The zero-order valence-corrected chi connectivity index (χ0v) is 9.02. The summed E-state index contributed by atoms with van der Waals surface area (Å²) in [5.41, 5.74) is 5.80. The molecule has 1 aromatic carbocycles. The van der Waals surface area contributed by atoms with Gasteiger partial charge in [-0.3, -0.25) is 0 Å². The summed E-state index contributed by atoms with van der Waals surface area (Å²) in [6, 6.07) is 5.03. The molecule has 0 unspecified atom stereocenters. The van der Waals surface area contributed by atoms with E-state index in [4.69, 9.17) is 5.73 Å². The molecule has 0 saturated carbocycles. The lowest BCUT2D eigenvalue weighted by Crippen LogP contribution is -2.19. The summed E-state index contributed by atoms with van der Waals surface area (Å²) < 4.78 is 39.8. The number of rotatable bonds is 3. The maximum Gasteiger partial charge on any atom is 0.573 e. The van der Waals surface area contributed by atoms with Gasteiger partial charge in [-0.2, -0.15) is 0 Å². The summed E-state index contributed by atoms with van der Waals surface area (Å²) in [5, 5.41) is 0. The van der Waals surface area contributed by atoms with Gasteiger partial charge in [0.1, 0.15) is 5.75 Å². The van der Waals surface area contributed by atoms with Gasteiger partial charge in [0.2, 0.25) is 0 Å². The van der Waals surface area contributed by atoms with Gasteiger partial charge in [-0.1, -0.05) is 24.3 Å². The van der Waals surface area contributed by atoms with E-state index >= 15 is 0 Å². The molecule has 0 aliphatic carbocycles. The maximum absolute atomic E-state index is 12.0. The fourth-order valence-corrected chi connectivity index (χ4v) is 1.10. The van der Waals surface area contributed by atoms with E-state index < -0.39 is 12.4 Å². The summed E-state index contributed by atoms with van der Waals surface area (Å²) >= 11 is 0. The molecule has 1 rings (SSSR count). The predicted octanol–water partition coefficient (Wildman–Crippen LogP) is 3.19. The maximum atomic E-state index is 12.0. The van der Waals surface area contributed by atoms with Crippen molar-refractivity contribution in [3.8, 4) is 5.75 Å². The Kier molecular flexibility index (Phi) is 5.33. The highest BCUT2D eigenvalue weighted by atomic mass is 35.5. The molecule has 2 N–H and O–H groups in total. The SMILES string of the molecule is C=C[C@H](N)c1ccccc1OC(F)(F)F.Cl. The average molecular weight is 254 g/mol. The molecule has 0 amide bonds. The van der Waals surface area contributed by atoms with E-state index in [1.54, 1.807) is 6.07 Å². The standard InChI is InChI=1S/C10H10F3NO.ClH/c1-2-8(14)7-5-3-4-6-9(7)15-10(11,12)13;/h2-6,8H,1,14H2;1H/t8-;/m0./s1. The Hall–Kier alpha value is -1.20. The largest absolute Gasteiger partial charge is 0.573 e. The molecular weight excluding hydrogens is 243 g/mol. The number of benzene rings is 1. The van der Waals surface area contributed by atoms with Crippen LogP contribution >= 0.6 is 12.4 Å². The van der Waals surface area contributed by atoms with Crippen LogP contribution in [0.2, 0.25) is 0 Å². The van der Waals surface area contributed by atoms with Crippen molar-refractivity contribution in [2.45, 2.75) is 12.4 Å². The van der Waals surface area contributed by atoms with Crippen LogP contribution < -0.4 is 10.5 Å². The van der Waals surface area contributed by atoms with Gasteiger partial charge in [0.15, 0.2) is 0 Å². The molecule has 0 fully saturated rings. The Labute approximate surface area is 97.3 Å². The van der Waals surface area contributed by atoms with Crippen molar-refractivity contribution < 1.29 is 17.9 Å². The van der Waals surface area contributed by atoms with Gasteiger partial charge in [-0.05, 0) is 6.07 Å². The Balaban J connectivity index is 0.00000225. The Morgan fingerprint density at radius 2 is 1.88 bits per heavy atom. The molecule has 2 nitrogen and oxygen atoms in total. The lowest BCUT2D eigenvalue weighted by molar-refractivity contribution is -0.274. The van der Waals surface area contributed by atoms with Crippen molar-refractivity contribution in [2.75, 3.05) is 0 Å². The van der Waals surface area contributed by atoms with E-state index in [9.17, 15) is 13.2 Å². The Morgan fingerprint density at radius 3 is 2.38 bits per heavy atom. The van der Waals surface area contributed by atoms with Gasteiger partial charge >= 0.3 is 6.36 Å². The minimum atomic E-state index is -4.71. The highest BCUT2D eigenvalue weighted by Crippen LogP contribution is 2.29. The number of hydrogen-bond donors (Lipinski definition) is 1. The number of alkyl halides is 3. The highest BCUT2D eigenvalue weighted by Gasteiger charge is 2.32. The third-order valence-corrected chi connectivity index (χ3v) is 1.76. The van der Waals surface area contributed by atoms with Crippen LogP contribution in [-0.4, -0.2) is 6.36 Å². The van der Waals surface area contributed by atoms with Crippen molar-refractivity contribution in [1.29, 1.82) is 0 Å². The van der Waals surface area contributed by atoms with E-state index in [0.717, 1.165) is 0 Å². The minimum Gasteiger partial charge on any atom is -0.405 e. The van der Waals surface area contributed by atoms with Crippen LogP contribution in [-0.2, 0) is 0 Å². The molecule has 0 spiro atoms.